The van der Waals surface area contributed by atoms with E-state index in [1.165, 1.54) is 24.3 Å². The number of benzene rings is 3. The molecule has 3 rings (SSSR count). The van der Waals surface area contributed by atoms with Gasteiger partial charge in [-0.25, -0.2) is 13.2 Å². The van der Waals surface area contributed by atoms with E-state index in [1.807, 2.05) is 19.9 Å². The van der Waals surface area contributed by atoms with Gasteiger partial charge >= 0.3 is 5.97 Å². The molecule has 0 saturated carbocycles. The van der Waals surface area contributed by atoms with Crippen LogP contribution in [0, 0.1) is 13.8 Å². The van der Waals surface area contributed by atoms with Gasteiger partial charge in [-0.15, -0.1) is 0 Å². The fraction of sp³-hybridized carbons (Fsp3) is 0.130. The molecular weight excluding hydrogens is 416 g/mol. The molecule has 0 aromatic heterocycles. The summed E-state index contributed by atoms with van der Waals surface area (Å²) in [5.74, 6) is -1.20. The van der Waals surface area contributed by atoms with E-state index in [-0.39, 0.29) is 10.5 Å². The van der Waals surface area contributed by atoms with Gasteiger partial charge in [-0.05, 0) is 67.9 Å². The van der Waals surface area contributed by atoms with E-state index < -0.39 is 28.5 Å². The summed E-state index contributed by atoms with van der Waals surface area (Å²) in [6.45, 7) is 3.35. The third kappa shape index (κ3) is 6.16. The molecule has 0 atom stereocenters. The number of ether oxygens (including phenoxy) is 1. The molecule has 0 radical (unpaired) electrons. The van der Waals surface area contributed by atoms with E-state index in [1.54, 1.807) is 42.5 Å². The van der Waals surface area contributed by atoms with E-state index in [9.17, 15) is 18.0 Å². The summed E-state index contributed by atoms with van der Waals surface area (Å²) in [6, 6.07) is 19.4. The average Bonchev–Trinajstić information content (AvgIpc) is 2.73. The normalized spacial score (nSPS) is 10.9. The highest BCUT2D eigenvalue weighted by Crippen LogP contribution is 2.17. The van der Waals surface area contributed by atoms with E-state index in [0.717, 1.165) is 11.1 Å². The molecule has 0 unspecified atom stereocenters. The smallest absolute Gasteiger partial charge is 0.338 e. The standard InChI is InChI=1S/C23H22N2O5S/c1-16-6-10-19(11-7-16)25-31(28,29)21-12-8-18(9-13-21)23(27)30-15-22(26)24-20-5-3-4-17(2)14-20/h3-14,25H,15H2,1-2H3,(H,24,26). The number of sulfonamides is 1. The molecule has 8 heteroatoms. The molecule has 3 aromatic carbocycles. The van der Waals surface area contributed by atoms with Crippen molar-refractivity contribution in [2.24, 2.45) is 0 Å². The number of esters is 1. The zero-order valence-electron chi connectivity index (χ0n) is 17.1. The Morgan fingerprint density at radius 1 is 0.839 bits per heavy atom. The van der Waals surface area contributed by atoms with Gasteiger partial charge in [-0.2, -0.15) is 0 Å². The van der Waals surface area contributed by atoms with Gasteiger partial charge in [0.2, 0.25) is 0 Å². The summed E-state index contributed by atoms with van der Waals surface area (Å²) in [5.41, 5.74) is 3.18. The number of carbonyl (C=O) groups is 2. The van der Waals surface area contributed by atoms with Crippen molar-refractivity contribution < 1.29 is 22.7 Å². The van der Waals surface area contributed by atoms with Crippen LogP contribution >= 0.6 is 0 Å². The Morgan fingerprint density at radius 3 is 2.16 bits per heavy atom. The molecule has 3 aromatic rings. The van der Waals surface area contributed by atoms with Gasteiger partial charge in [0.05, 0.1) is 10.5 Å². The Labute approximate surface area is 181 Å². The maximum absolute atomic E-state index is 12.5. The Balaban J connectivity index is 1.58. The van der Waals surface area contributed by atoms with Crippen LogP contribution in [0.1, 0.15) is 21.5 Å². The molecule has 0 aliphatic carbocycles. The van der Waals surface area contributed by atoms with Gasteiger partial charge < -0.3 is 10.1 Å². The summed E-state index contributed by atoms with van der Waals surface area (Å²) in [4.78, 5) is 24.1. The first kappa shape index (κ1) is 22.0. The van der Waals surface area contributed by atoms with Crippen LogP contribution in [0.15, 0.2) is 77.7 Å². The lowest BCUT2D eigenvalue weighted by atomic mass is 10.2. The van der Waals surface area contributed by atoms with Crippen molar-refractivity contribution in [1.82, 2.24) is 0 Å². The number of hydrogen-bond donors (Lipinski definition) is 2. The van der Waals surface area contributed by atoms with Gasteiger partial charge in [0.1, 0.15) is 0 Å². The van der Waals surface area contributed by atoms with Crippen molar-refractivity contribution in [3.05, 3.63) is 89.5 Å². The number of rotatable bonds is 7. The first-order chi connectivity index (χ1) is 14.7. The fourth-order valence-corrected chi connectivity index (χ4v) is 3.80. The lowest BCUT2D eigenvalue weighted by Crippen LogP contribution is -2.21. The summed E-state index contributed by atoms with van der Waals surface area (Å²) >= 11 is 0. The second kappa shape index (κ2) is 9.44. The third-order valence-corrected chi connectivity index (χ3v) is 5.74. The van der Waals surface area contributed by atoms with Crippen molar-refractivity contribution >= 4 is 33.3 Å². The maximum Gasteiger partial charge on any atom is 0.338 e. The molecule has 1 amide bonds. The molecule has 0 heterocycles. The van der Waals surface area contributed by atoms with Crippen LogP contribution in [0.2, 0.25) is 0 Å². The summed E-state index contributed by atoms with van der Waals surface area (Å²) in [6.07, 6.45) is 0. The minimum Gasteiger partial charge on any atom is -0.452 e. The molecule has 7 nitrogen and oxygen atoms in total. The quantitative estimate of drug-likeness (QED) is 0.545. The second-order valence-corrected chi connectivity index (χ2v) is 8.67. The highest BCUT2D eigenvalue weighted by molar-refractivity contribution is 7.92. The summed E-state index contributed by atoms with van der Waals surface area (Å²) < 4.78 is 32.5. The van der Waals surface area contributed by atoms with Gasteiger partial charge in [0, 0.05) is 11.4 Å². The van der Waals surface area contributed by atoms with E-state index >= 15 is 0 Å². The SMILES string of the molecule is Cc1ccc(NS(=O)(=O)c2ccc(C(=O)OCC(=O)Nc3cccc(C)c3)cc2)cc1. The number of nitrogens with one attached hydrogen (secondary N) is 2. The molecule has 31 heavy (non-hydrogen) atoms. The highest BCUT2D eigenvalue weighted by Gasteiger charge is 2.16. The van der Waals surface area contributed by atoms with Crippen LogP contribution in [-0.2, 0) is 19.6 Å². The number of aryl methyl sites for hydroxylation is 2. The van der Waals surface area contributed by atoms with Gasteiger partial charge in [0.25, 0.3) is 15.9 Å². The zero-order valence-corrected chi connectivity index (χ0v) is 17.9. The molecule has 0 aliphatic rings. The molecule has 160 valence electrons. The Morgan fingerprint density at radius 2 is 1.52 bits per heavy atom. The van der Waals surface area contributed by atoms with Crippen molar-refractivity contribution in [2.45, 2.75) is 18.7 Å². The largest absolute Gasteiger partial charge is 0.452 e. The number of hydrogen-bond acceptors (Lipinski definition) is 5. The number of amides is 1. The van der Waals surface area contributed by atoms with E-state index in [2.05, 4.69) is 10.0 Å². The summed E-state index contributed by atoms with van der Waals surface area (Å²) in [7, 11) is -3.80. The Hall–Kier alpha value is -3.65. The van der Waals surface area contributed by atoms with Crippen LogP contribution < -0.4 is 10.0 Å². The molecule has 0 bridgehead atoms. The zero-order chi connectivity index (χ0) is 22.4. The van der Waals surface area contributed by atoms with Gasteiger partial charge in [0.15, 0.2) is 6.61 Å². The topological polar surface area (TPSA) is 102 Å². The number of carbonyl (C=O) groups excluding carboxylic acids is 2. The van der Waals surface area contributed by atoms with Crippen LogP contribution in [-0.4, -0.2) is 26.9 Å². The minimum atomic E-state index is -3.80. The third-order valence-electron chi connectivity index (χ3n) is 4.34. The van der Waals surface area contributed by atoms with Crippen molar-refractivity contribution in [2.75, 3.05) is 16.6 Å². The van der Waals surface area contributed by atoms with Crippen LogP contribution in [0.3, 0.4) is 0 Å². The van der Waals surface area contributed by atoms with Gasteiger partial charge in [-0.3, -0.25) is 9.52 Å². The Kier molecular flexibility index (Phi) is 6.71. The number of anilines is 2. The predicted molar refractivity (Wildman–Crippen MR) is 119 cm³/mol. The first-order valence-electron chi connectivity index (χ1n) is 9.46. The minimum absolute atomic E-state index is 0.00168. The molecule has 0 fully saturated rings. The molecule has 2 N–H and O–H groups in total. The van der Waals surface area contributed by atoms with Gasteiger partial charge in [-0.1, -0.05) is 29.8 Å². The van der Waals surface area contributed by atoms with Crippen LogP contribution in [0.4, 0.5) is 11.4 Å². The van der Waals surface area contributed by atoms with Crippen molar-refractivity contribution in [3.8, 4) is 0 Å². The van der Waals surface area contributed by atoms with Crippen molar-refractivity contribution in [1.29, 1.82) is 0 Å². The first-order valence-corrected chi connectivity index (χ1v) is 10.9. The highest BCUT2D eigenvalue weighted by atomic mass is 32.2. The molecule has 0 aliphatic heterocycles. The lowest BCUT2D eigenvalue weighted by Gasteiger charge is -2.09. The molecule has 0 saturated heterocycles. The average molecular weight is 439 g/mol. The Bertz CT molecular complexity index is 1190. The monoisotopic (exact) mass is 438 g/mol. The predicted octanol–water partition coefficient (Wildman–Crippen LogP) is 3.90. The van der Waals surface area contributed by atoms with E-state index in [4.69, 9.17) is 4.74 Å². The second-order valence-electron chi connectivity index (χ2n) is 6.99. The molecular formula is C23H22N2O5S. The van der Waals surface area contributed by atoms with Crippen molar-refractivity contribution in [3.63, 3.8) is 0 Å². The van der Waals surface area contributed by atoms with Crippen LogP contribution in [0.5, 0.6) is 0 Å². The van der Waals surface area contributed by atoms with Crippen LogP contribution in [0.25, 0.3) is 0 Å². The molecule has 0 spiro atoms. The summed E-state index contributed by atoms with van der Waals surface area (Å²) in [5, 5.41) is 2.64. The lowest BCUT2D eigenvalue weighted by molar-refractivity contribution is -0.119. The van der Waals surface area contributed by atoms with E-state index in [0.29, 0.717) is 11.4 Å². The maximum atomic E-state index is 12.5. The fourth-order valence-electron chi connectivity index (χ4n) is 2.74.